The molecular formula is C16H26O3. The van der Waals surface area contributed by atoms with Crippen molar-refractivity contribution in [3.8, 4) is 0 Å². The van der Waals surface area contributed by atoms with Gasteiger partial charge in [0.15, 0.2) is 6.10 Å². The Bertz CT molecular complexity index is 323. The first kappa shape index (κ1) is 13.4. The second kappa shape index (κ2) is 5.43. The Balaban J connectivity index is 1.46. The van der Waals surface area contributed by atoms with Gasteiger partial charge in [0.05, 0.1) is 6.10 Å². The molecule has 3 aliphatic rings. The van der Waals surface area contributed by atoms with Crippen molar-refractivity contribution in [2.75, 3.05) is 0 Å². The predicted molar refractivity (Wildman–Crippen MR) is 72.8 cm³/mol. The minimum atomic E-state index is -0.390. The van der Waals surface area contributed by atoms with Crippen LogP contribution in [0.4, 0.5) is 0 Å². The van der Waals surface area contributed by atoms with Crippen LogP contribution < -0.4 is 0 Å². The zero-order valence-electron chi connectivity index (χ0n) is 12.0. The summed E-state index contributed by atoms with van der Waals surface area (Å²) in [4.78, 5) is 12.1. The maximum atomic E-state index is 12.1. The fourth-order valence-corrected chi connectivity index (χ4v) is 3.33. The van der Waals surface area contributed by atoms with E-state index in [-0.39, 0.29) is 23.8 Å². The maximum Gasteiger partial charge on any atom is 0.335 e. The number of carbonyl (C=O) groups is 1. The molecule has 0 amide bonds. The monoisotopic (exact) mass is 266 g/mol. The highest BCUT2D eigenvalue weighted by atomic mass is 16.6. The van der Waals surface area contributed by atoms with Gasteiger partial charge in [-0.3, -0.25) is 0 Å². The van der Waals surface area contributed by atoms with Crippen LogP contribution in [0.1, 0.15) is 71.1 Å². The van der Waals surface area contributed by atoms with Crippen LogP contribution in [0.25, 0.3) is 0 Å². The number of rotatable bonds is 5. The lowest BCUT2D eigenvalue weighted by Gasteiger charge is -2.23. The topological polar surface area (TPSA) is 35.5 Å². The third kappa shape index (κ3) is 3.31. The summed E-state index contributed by atoms with van der Waals surface area (Å²) >= 11 is 0. The third-order valence-corrected chi connectivity index (χ3v) is 4.90. The van der Waals surface area contributed by atoms with Gasteiger partial charge in [0.1, 0.15) is 5.60 Å². The average molecular weight is 266 g/mol. The predicted octanol–water partition coefficient (Wildman–Crippen LogP) is 3.60. The van der Waals surface area contributed by atoms with Crippen molar-refractivity contribution in [2.24, 2.45) is 5.92 Å². The molecule has 3 heteroatoms. The van der Waals surface area contributed by atoms with Gasteiger partial charge in [-0.2, -0.15) is 0 Å². The summed E-state index contributed by atoms with van der Waals surface area (Å²) < 4.78 is 11.7. The molecule has 1 unspecified atom stereocenters. The molecule has 0 aromatic carbocycles. The standard InChI is InChI=1S/C16H26O3/c1-12(18-14-6-4-2-3-5-7-14)15(17)19-16(10-11-16)13-8-9-13/h12-14H,2-11H2,1H3. The van der Waals surface area contributed by atoms with E-state index < -0.39 is 0 Å². The van der Waals surface area contributed by atoms with Crippen molar-refractivity contribution >= 4 is 5.97 Å². The summed E-state index contributed by atoms with van der Waals surface area (Å²) in [5, 5.41) is 0. The molecule has 0 radical (unpaired) electrons. The van der Waals surface area contributed by atoms with E-state index in [2.05, 4.69) is 0 Å². The van der Waals surface area contributed by atoms with Crippen LogP contribution in [0, 0.1) is 5.92 Å². The molecule has 0 heterocycles. The van der Waals surface area contributed by atoms with Gasteiger partial charge in [-0.25, -0.2) is 4.79 Å². The van der Waals surface area contributed by atoms with Crippen LogP contribution in [-0.4, -0.2) is 23.8 Å². The maximum absolute atomic E-state index is 12.1. The zero-order chi connectivity index (χ0) is 13.3. The van der Waals surface area contributed by atoms with Crippen LogP contribution in [0.2, 0.25) is 0 Å². The number of esters is 1. The molecule has 3 nitrogen and oxygen atoms in total. The summed E-state index contributed by atoms with van der Waals surface area (Å²) in [6.07, 6.45) is 11.8. The van der Waals surface area contributed by atoms with Crippen molar-refractivity contribution in [3.05, 3.63) is 0 Å². The van der Waals surface area contributed by atoms with E-state index in [0.29, 0.717) is 5.92 Å². The summed E-state index contributed by atoms with van der Waals surface area (Å²) in [7, 11) is 0. The normalized spacial score (nSPS) is 28.5. The molecule has 3 rings (SSSR count). The third-order valence-electron chi connectivity index (χ3n) is 4.90. The molecule has 3 aliphatic carbocycles. The molecule has 19 heavy (non-hydrogen) atoms. The molecule has 3 saturated carbocycles. The SMILES string of the molecule is CC(OC1CCCCCC1)C(=O)OC1(C2CC2)CC1. The Morgan fingerprint density at radius 2 is 1.68 bits per heavy atom. The molecule has 0 N–H and O–H groups in total. The van der Waals surface area contributed by atoms with E-state index in [1.165, 1.54) is 38.5 Å². The second-order valence-corrected chi connectivity index (χ2v) is 6.65. The van der Waals surface area contributed by atoms with Crippen molar-refractivity contribution in [2.45, 2.75) is 88.9 Å². The fourth-order valence-electron chi connectivity index (χ4n) is 3.33. The number of hydrogen-bond donors (Lipinski definition) is 0. The largest absolute Gasteiger partial charge is 0.457 e. The quantitative estimate of drug-likeness (QED) is 0.563. The van der Waals surface area contributed by atoms with E-state index in [4.69, 9.17) is 9.47 Å². The van der Waals surface area contributed by atoms with Crippen LogP contribution in [0.3, 0.4) is 0 Å². The minimum Gasteiger partial charge on any atom is -0.457 e. The highest BCUT2D eigenvalue weighted by Gasteiger charge is 2.57. The first-order valence-corrected chi connectivity index (χ1v) is 8.08. The van der Waals surface area contributed by atoms with Crippen LogP contribution >= 0.6 is 0 Å². The van der Waals surface area contributed by atoms with Crippen LogP contribution in [-0.2, 0) is 14.3 Å². The van der Waals surface area contributed by atoms with Gasteiger partial charge in [0.25, 0.3) is 0 Å². The zero-order valence-corrected chi connectivity index (χ0v) is 12.0. The smallest absolute Gasteiger partial charge is 0.335 e. The first-order valence-electron chi connectivity index (χ1n) is 8.08. The Hall–Kier alpha value is -0.570. The Morgan fingerprint density at radius 3 is 2.21 bits per heavy atom. The molecule has 0 saturated heterocycles. The Labute approximate surface area is 116 Å². The molecule has 0 spiro atoms. The highest BCUT2D eigenvalue weighted by molar-refractivity contribution is 5.75. The molecule has 0 aromatic heterocycles. The molecule has 108 valence electrons. The van der Waals surface area contributed by atoms with Crippen molar-refractivity contribution in [3.63, 3.8) is 0 Å². The highest BCUT2D eigenvalue weighted by Crippen LogP contribution is 2.56. The van der Waals surface area contributed by atoms with Crippen LogP contribution in [0.15, 0.2) is 0 Å². The van der Waals surface area contributed by atoms with Gasteiger partial charge >= 0.3 is 5.97 Å². The Kier molecular flexibility index (Phi) is 3.84. The molecule has 0 bridgehead atoms. The lowest BCUT2D eigenvalue weighted by atomic mass is 10.1. The molecule has 3 fully saturated rings. The second-order valence-electron chi connectivity index (χ2n) is 6.65. The summed E-state index contributed by atoms with van der Waals surface area (Å²) in [6, 6.07) is 0. The summed E-state index contributed by atoms with van der Waals surface area (Å²) in [6.45, 7) is 1.86. The van der Waals surface area contributed by atoms with Gasteiger partial charge in [-0.1, -0.05) is 25.7 Å². The van der Waals surface area contributed by atoms with E-state index in [1.54, 1.807) is 0 Å². The van der Waals surface area contributed by atoms with E-state index in [9.17, 15) is 4.79 Å². The van der Waals surface area contributed by atoms with Crippen LogP contribution in [0.5, 0.6) is 0 Å². The lowest BCUT2D eigenvalue weighted by molar-refractivity contribution is -0.169. The van der Waals surface area contributed by atoms with Gasteiger partial charge in [0.2, 0.25) is 0 Å². The number of ether oxygens (including phenoxy) is 2. The minimum absolute atomic E-state index is 0.0713. The van der Waals surface area contributed by atoms with Crippen molar-refractivity contribution in [1.82, 2.24) is 0 Å². The molecule has 0 aromatic rings. The van der Waals surface area contributed by atoms with E-state index in [1.807, 2.05) is 6.92 Å². The van der Waals surface area contributed by atoms with Gasteiger partial charge in [-0.05, 0) is 51.4 Å². The fraction of sp³-hybridized carbons (Fsp3) is 0.938. The molecule has 0 aliphatic heterocycles. The Morgan fingerprint density at radius 1 is 1.05 bits per heavy atom. The lowest BCUT2D eigenvalue weighted by Crippen LogP contribution is -2.33. The average Bonchev–Trinajstić information content (AvgIpc) is 3.25. The van der Waals surface area contributed by atoms with E-state index >= 15 is 0 Å². The molecular weight excluding hydrogens is 240 g/mol. The summed E-state index contributed by atoms with van der Waals surface area (Å²) in [5.74, 6) is 0.523. The van der Waals surface area contributed by atoms with Crippen molar-refractivity contribution < 1.29 is 14.3 Å². The van der Waals surface area contributed by atoms with Gasteiger partial charge in [0, 0.05) is 0 Å². The summed E-state index contributed by atoms with van der Waals surface area (Å²) in [5.41, 5.74) is -0.0713. The van der Waals surface area contributed by atoms with E-state index in [0.717, 1.165) is 25.7 Å². The molecule has 1 atom stereocenters. The number of hydrogen-bond acceptors (Lipinski definition) is 3. The van der Waals surface area contributed by atoms with Gasteiger partial charge < -0.3 is 9.47 Å². The first-order chi connectivity index (χ1) is 9.20. The number of carbonyl (C=O) groups excluding carboxylic acids is 1. The van der Waals surface area contributed by atoms with Gasteiger partial charge in [-0.15, -0.1) is 0 Å². The van der Waals surface area contributed by atoms with Crippen molar-refractivity contribution in [1.29, 1.82) is 0 Å².